The van der Waals surface area contributed by atoms with Crippen LogP contribution in [0.4, 0.5) is 5.69 Å². The molecule has 19 heavy (non-hydrogen) atoms. The number of nitrogens with zero attached hydrogens (tertiary/aromatic N) is 1. The molecule has 1 aromatic carbocycles. The summed E-state index contributed by atoms with van der Waals surface area (Å²) in [4.78, 5) is 4.62. The summed E-state index contributed by atoms with van der Waals surface area (Å²) < 4.78 is 0. The molecule has 1 atom stereocenters. The first-order chi connectivity index (χ1) is 9.09. The number of hydrogen-bond acceptors (Lipinski definition) is 1. The van der Waals surface area contributed by atoms with Crippen molar-refractivity contribution in [3.05, 3.63) is 30.3 Å². The van der Waals surface area contributed by atoms with E-state index in [9.17, 15) is 0 Å². The molecule has 0 saturated heterocycles. The minimum Gasteiger partial charge on any atom is -0.261 e. The first-order valence-corrected chi connectivity index (χ1v) is 7.69. The fourth-order valence-corrected chi connectivity index (χ4v) is 2.21. The van der Waals surface area contributed by atoms with Crippen LogP contribution in [-0.2, 0) is 0 Å². The van der Waals surface area contributed by atoms with E-state index in [1.165, 1.54) is 25.7 Å². The number of para-hydroxylation sites is 1. The van der Waals surface area contributed by atoms with E-state index in [1.54, 1.807) is 0 Å². The lowest BCUT2D eigenvalue weighted by atomic mass is 9.90. The highest BCUT2D eigenvalue weighted by Gasteiger charge is 2.10. The average Bonchev–Trinajstić information content (AvgIpc) is 2.38. The largest absolute Gasteiger partial charge is 0.261 e. The maximum absolute atomic E-state index is 4.62. The third-order valence-corrected chi connectivity index (χ3v) is 3.60. The topological polar surface area (TPSA) is 12.4 Å². The molecule has 0 aliphatic carbocycles. The van der Waals surface area contributed by atoms with Crippen LogP contribution >= 0.6 is 0 Å². The normalized spacial score (nSPS) is 13.6. The van der Waals surface area contributed by atoms with Crippen molar-refractivity contribution in [2.24, 2.45) is 22.7 Å². The molecule has 0 spiro atoms. The Kier molecular flexibility index (Phi) is 7.47. The zero-order valence-corrected chi connectivity index (χ0v) is 13.0. The van der Waals surface area contributed by atoms with Gasteiger partial charge in [0.05, 0.1) is 5.69 Å². The van der Waals surface area contributed by atoms with Crippen molar-refractivity contribution in [2.75, 3.05) is 0 Å². The molecule has 0 aromatic heterocycles. The van der Waals surface area contributed by atoms with Crippen LogP contribution in [0.25, 0.3) is 0 Å². The van der Waals surface area contributed by atoms with Gasteiger partial charge < -0.3 is 0 Å². The van der Waals surface area contributed by atoms with E-state index in [2.05, 4.69) is 51.0 Å². The van der Waals surface area contributed by atoms with Crippen LogP contribution in [0, 0.1) is 17.8 Å². The fourth-order valence-electron chi connectivity index (χ4n) is 2.21. The standard InChI is InChI=1S/C18H29N/c1-15(2)10-8-9-11-17(16(3)4)14-19-18-12-6-5-7-13-18/h5-7,12-17H,8-11H2,1-4H3. The highest BCUT2D eigenvalue weighted by Crippen LogP contribution is 2.20. The lowest BCUT2D eigenvalue weighted by molar-refractivity contribution is 0.433. The molecule has 0 heterocycles. The summed E-state index contributed by atoms with van der Waals surface area (Å²) in [6.45, 7) is 9.20. The molecule has 1 nitrogen and oxygen atoms in total. The molecule has 0 aliphatic rings. The molecule has 1 unspecified atom stereocenters. The number of unbranched alkanes of at least 4 members (excludes halogenated alkanes) is 1. The van der Waals surface area contributed by atoms with Crippen LogP contribution in [0.2, 0.25) is 0 Å². The first kappa shape index (κ1) is 15.9. The molecule has 1 aromatic rings. The summed E-state index contributed by atoms with van der Waals surface area (Å²) in [7, 11) is 0. The van der Waals surface area contributed by atoms with Crippen LogP contribution in [-0.4, -0.2) is 6.21 Å². The van der Waals surface area contributed by atoms with E-state index in [0.29, 0.717) is 11.8 Å². The van der Waals surface area contributed by atoms with Gasteiger partial charge in [0.25, 0.3) is 0 Å². The molecule has 0 bridgehead atoms. The van der Waals surface area contributed by atoms with Crippen molar-refractivity contribution < 1.29 is 0 Å². The Labute approximate surface area is 119 Å². The second-order valence-corrected chi connectivity index (χ2v) is 6.20. The lowest BCUT2D eigenvalue weighted by Gasteiger charge is -2.16. The van der Waals surface area contributed by atoms with Gasteiger partial charge in [0.15, 0.2) is 0 Å². The van der Waals surface area contributed by atoms with E-state index >= 15 is 0 Å². The van der Waals surface area contributed by atoms with Gasteiger partial charge in [0.2, 0.25) is 0 Å². The highest BCUT2D eigenvalue weighted by molar-refractivity contribution is 5.65. The van der Waals surface area contributed by atoms with Crippen LogP contribution < -0.4 is 0 Å². The SMILES string of the molecule is CC(C)CCCCC(C=Nc1ccccc1)C(C)C. The highest BCUT2D eigenvalue weighted by atomic mass is 14.7. The number of aliphatic imine (C=N–C) groups is 1. The van der Waals surface area contributed by atoms with Crippen LogP contribution in [0.5, 0.6) is 0 Å². The molecule has 0 amide bonds. The third kappa shape index (κ3) is 7.15. The summed E-state index contributed by atoms with van der Waals surface area (Å²) in [6, 6.07) is 10.2. The molecule has 0 radical (unpaired) electrons. The van der Waals surface area contributed by atoms with E-state index in [0.717, 1.165) is 11.6 Å². The van der Waals surface area contributed by atoms with Gasteiger partial charge >= 0.3 is 0 Å². The monoisotopic (exact) mass is 259 g/mol. The van der Waals surface area contributed by atoms with E-state index in [4.69, 9.17) is 0 Å². The molecular weight excluding hydrogens is 230 g/mol. The van der Waals surface area contributed by atoms with Gasteiger partial charge in [-0.3, -0.25) is 4.99 Å². The van der Waals surface area contributed by atoms with Gasteiger partial charge in [-0.05, 0) is 36.3 Å². The van der Waals surface area contributed by atoms with E-state index in [1.807, 2.05) is 18.2 Å². The Balaban J connectivity index is 2.42. The summed E-state index contributed by atoms with van der Waals surface area (Å²) in [5, 5.41) is 0. The van der Waals surface area contributed by atoms with Crippen LogP contribution in [0.1, 0.15) is 53.4 Å². The Hall–Kier alpha value is -1.11. The lowest BCUT2D eigenvalue weighted by Crippen LogP contribution is -2.10. The van der Waals surface area contributed by atoms with Crippen molar-refractivity contribution in [3.8, 4) is 0 Å². The van der Waals surface area contributed by atoms with Crippen molar-refractivity contribution in [2.45, 2.75) is 53.4 Å². The first-order valence-electron chi connectivity index (χ1n) is 7.69. The smallest absolute Gasteiger partial charge is 0.0625 e. The Morgan fingerprint density at radius 1 is 0.947 bits per heavy atom. The van der Waals surface area contributed by atoms with Crippen LogP contribution in [0.3, 0.4) is 0 Å². The molecule has 106 valence electrons. The minimum absolute atomic E-state index is 0.604. The number of hydrogen-bond donors (Lipinski definition) is 0. The predicted molar refractivity (Wildman–Crippen MR) is 86.2 cm³/mol. The molecule has 0 N–H and O–H groups in total. The molecule has 0 saturated carbocycles. The zero-order chi connectivity index (χ0) is 14.1. The summed E-state index contributed by atoms with van der Waals surface area (Å²) in [6.07, 6.45) is 7.44. The zero-order valence-electron chi connectivity index (χ0n) is 13.0. The van der Waals surface area contributed by atoms with Gasteiger partial charge in [-0.2, -0.15) is 0 Å². The molecular formula is C18H29N. The third-order valence-electron chi connectivity index (χ3n) is 3.60. The number of rotatable bonds is 8. The summed E-state index contributed by atoms with van der Waals surface area (Å²) in [5.41, 5.74) is 1.07. The Bertz CT molecular complexity index is 351. The van der Waals surface area contributed by atoms with Gasteiger partial charge in [-0.15, -0.1) is 0 Å². The second kappa shape index (κ2) is 8.90. The van der Waals surface area contributed by atoms with Crippen molar-refractivity contribution in [1.82, 2.24) is 0 Å². The van der Waals surface area contributed by atoms with Gasteiger partial charge in [0, 0.05) is 6.21 Å². The van der Waals surface area contributed by atoms with E-state index in [-0.39, 0.29) is 0 Å². The van der Waals surface area contributed by atoms with Crippen molar-refractivity contribution >= 4 is 11.9 Å². The Morgan fingerprint density at radius 2 is 1.58 bits per heavy atom. The predicted octanol–water partition coefficient (Wildman–Crippen LogP) is 5.88. The molecule has 0 fully saturated rings. The van der Waals surface area contributed by atoms with Crippen molar-refractivity contribution in [3.63, 3.8) is 0 Å². The fraction of sp³-hybridized carbons (Fsp3) is 0.611. The Morgan fingerprint density at radius 3 is 2.16 bits per heavy atom. The molecule has 1 rings (SSSR count). The maximum atomic E-state index is 4.62. The maximum Gasteiger partial charge on any atom is 0.0625 e. The quantitative estimate of drug-likeness (QED) is 0.408. The second-order valence-electron chi connectivity index (χ2n) is 6.20. The molecule has 1 heteroatoms. The average molecular weight is 259 g/mol. The summed E-state index contributed by atoms with van der Waals surface area (Å²) in [5.74, 6) is 2.11. The summed E-state index contributed by atoms with van der Waals surface area (Å²) >= 11 is 0. The molecule has 0 aliphatic heterocycles. The van der Waals surface area contributed by atoms with E-state index < -0.39 is 0 Å². The van der Waals surface area contributed by atoms with Gasteiger partial charge in [-0.25, -0.2) is 0 Å². The van der Waals surface area contributed by atoms with Gasteiger partial charge in [-0.1, -0.05) is 65.2 Å². The minimum atomic E-state index is 0.604. The van der Waals surface area contributed by atoms with Gasteiger partial charge in [0.1, 0.15) is 0 Å². The number of benzene rings is 1. The van der Waals surface area contributed by atoms with Crippen LogP contribution in [0.15, 0.2) is 35.3 Å². The van der Waals surface area contributed by atoms with Crippen molar-refractivity contribution in [1.29, 1.82) is 0 Å².